The number of halogens is 1. The largest absolute Gasteiger partial charge is 0.397 e. The average molecular weight is 181 g/mol. The van der Waals surface area contributed by atoms with Crippen LogP contribution in [0.25, 0.3) is 0 Å². The molecule has 0 aliphatic heterocycles. The van der Waals surface area contributed by atoms with Gasteiger partial charge in [0.1, 0.15) is 5.69 Å². The van der Waals surface area contributed by atoms with Gasteiger partial charge in [0.05, 0.1) is 17.3 Å². The second-order valence-corrected chi connectivity index (χ2v) is 2.57. The highest BCUT2D eigenvalue weighted by atomic mass is 35.5. The van der Waals surface area contributed by atoms with Crippen molar-refractivity contribution in [1.82, 2.24) is 4.98 Å². The fraction of sp³-hybridized carbons (Fsp3) is 0.222. The maximum Gasteiger partial charge on any atom is 0.113 e. The predicted octanol–water partition coefficient (Wildman–Crippen LogP) is 1.56. The van der Waals surface area contributed by atoms with Crippen molar-refractivity contribution in [3.63, 3.8) is 0 Å². The van der Waals surface area contributed by atoms with Gasteiger partial charge in [0.25, 0.3) is 0 Å². The number of rotatable bonds is 0. The number of pyridine rings is 1. The third-order valence-corrected chi connectivity index (χ3v) is 1.54. The molecule has 0 aliphatic rings. The van der Waals surface area contributed by atoms with Crippen LogP contribution in [0.5, 0.6) is 0 Å². The SMILES string of the molecule is Cc1nc(C#CCCl)ccc1N. The molecule has 0 atom stereocenters. The fourth-order valence-electron chi connectivity index (χ4n) is 0.765. The van der Waals surface area contributed by atoms with E-state index in [1.165, 1.54) is 0 Å². The topological polar surface area (TPSA) is 38.9 Å². The van der Waals surface area contributed by atoms with Gasteiger partial charge in [0.2, 0.25) is 0 Å². The number of alkyl halides is 1. The molecule has 1 aromatic heterocycles. The molecular formula is C9H9ClN2. The normalized spacial score (nSPS) is 8.83. The van der Waals surface area contributed by atoms with Gasteiger partial charge in [-0.3, -0.25) is 0 Å². The molecular weight excluding hydrogens is 172 g/mol. The number of hydrogen-bond donors (Lipinski definition) is 1. The van der Waals surface area contributed by atoms with Crippen molar-refractivity contribution in [1.29, 1.82) is 0 Å². The number of nitrogens with zero attached hydrogens (tertiary/aromatic N) is 1. The van der Waals surface area contributed by atoms with Crippen molar-refractivity contribution in [2.75, 3.05) is 11.6 Å². The Kier molecular flexibility index (Phi) is 2.95. The first-order valence-electron chi connectivity index (χ1n) is 3.52. The van der Waals surface area contributed by atoms with Crippen LogP contribution in [0.15, 0.2) is 12.1 Å². The molecule has 0 unspecified atom stereocenters. The summed E-state index contributed by atoms with van der Waals surface area (Å²) in [6.07, 6.45) is 0. The minimum absolute atomic E-state index is 0.325. The highest BCUT2D eigenvalue weighted by molar-refractivity contribution is 6.19. The summed E-state index contributed by atoms with van der Waals surface area (Å²) in [6, 6.07) is 3.57. The van der Waals surface area contributed by atoms with Gasteiger partial charge in [-0.2, -0.15) is 0 Å². The van der Waals surface area contributed by atoms with Gasteiger partial charge in [0.15, 0.2) is 0 Å². The van der Waals surface area contributed by atoms with Gasteiger partial charge in [-0.1, -0.05) is 5.92 Å². The van der Waals surface area contributed by atoms with Crippen LogP contribution in [0.4, 0.5) is 5.69 Å². The van der Waals surface area contributed by atoms with E-state index in [1.807, 2.05) is 6.92 Å². The Labute approximate surface area is 76.8 Å². The van der Waals surface area contributed by atoms with E-state index in [0.717, 1.165) is 5.69 Å². The number of aryl methyl sites for hydroxylation is 1. The molecule has 62 valence electrons. The van der Waals surface area contributed by atoms with Gasteiger partial charge in [-0.15, -0.1) is 11.6 Å². The summed E-state index contributed by atoms with van der Waals surface area (Å²) < 4.78 is 0. The van der Waals surface area contributed by atoms with Crippen LogP contribution in [0, 0.1) is 18.8 Å². The smallest absolute Gasteiger partial charge is 0.113 e. The van der Waals surface area contributed by atoms with Gasteiger partial charge >= 0.3 is 0 Å². The zero-order valence-electron chi connectivity index (χ0n) is 6.76. The third kappa shape index (κ3) is 2.14. The van der Waals surface area contributed by atoms with Crippen molar-refractivity contribution in [3.8, 4) is 11.8 Å². The van der Waals surface area contributed by atoms with Crippen molar-refractivity contribution in [2.45, 2.75) is 6.92 Å². The first kappa shape index (κ1) is 8.89. The lowest BCUT2D eigenvalue weighted by molar-refractivity contribution is 1.18. The van der Waals surface area contributed by atoms with Crippen LogP contribution in [0.3, 0.4) is 0 Å². The third-order valence-electron chi connectivity index (χ3n) is 1.41. The van der Waals surface area contributed by atoms with Crippen molar-refractivity contribution in [2.24, 2.45) is 0 Å². The molecule has 0 radical (unpaired) electrons. The summed E-state index contributed by atoms with van der Waals surface area (Å²) >= 11 is 5.40. The van der Waals surface area contributed by atoms with E-state index in [1.54, 1.807) is 12.1 Å². The summed E-state index contributed by atoms with van der Waals surface area (Å²) in [5, 5.41) is 0. The van der Waals surface area contributed by atoms with E-state index in [-0.39, 0.29) is 0 Å². The highest BCUT2D eigenvalue weighted by Crippen LogP contribution is 2.06. The lowest BCUT2D eigenvalue weighted by Crippen LogP contribution is -1.94. The Morgan fingerprint density at radius 1 is 1.58 bits per heavy atom. The number of anilines is 1. The van der Waals surface area contributed by atoms with Crippen LogP contribution in [-0.4, -0.2) is 10.9 Å². The molecule has 1 rings (SSSR count). The molecule has 0 saturated heterocycles. The maximum atomic E-state index is 5.58. The molecule has 0 saturated carbocycles. The second kappa shape index (κ2) is 3.99. The van der Waals surface area contributed by atoms with Gasteiger partial charge < -0.3 is 5.73 Å². The van der Waals surface area contributed by atoms with E-state index in [2.05, 4.69) is 16.8 Å². The second-order valence-electron chi connectivity index (χ2n) is 2.31. The van der Waals surface area contributed by atoms with Crippen molar-refractivity contribution >= 4 is 17.3 Å². The van der Waals surface area contributed by atoms with Crippen molar-refractivity contribution < 1.29 is 0 Å². The molecule has 1 heterocycles. The molecule has 3 heteroatoms. The number of hydrogen-bond acceptors (Lipinski definition) is 2. The monoisotopic (exact) mass is 180 g/mol. The minimum Gasteiger partial charge on any atom is -0.397 e. The molecule has 2 N–H and O–H groups in total. The van der Waals surface area contributed by atoms with Crippen LogP contribution in [0.2, 0.25) is 0 Å². The molecule has 12 heavy (non-hydrogen) atoms. The number of aromatic nitrogens is 1. The Hall–Kier alpha value is -1.20. The Morgan fingerprint density at radius 2 is 2.33 bits per heavy atom. The Balaban J connectivity index is 2.97. The average Bonchev–Trinajstić information content (AvgIpc) is 2.07. The van der Waals surface area contributed by atoms with Crippen LogP contribution in [0.1, 0.15) is 11.4 Å². The summed E-state index contributed by atoms with van der Waals surface area (Å²) in [4.78, 5) is 4.15. The molecule has 2 nitrogen and oxygen atoms in total. The van der Waals surface area contributed by atoms with Crippen molar-refractivity contribution in [3.05, 3.63) is 23.5 Å². The fourth-order valence-corrected chi connectivity index (χ4v) is 0.832. The van der Waals surface area contributed by atoms with E-state index in [9.17, 15) is 0 Å². The molecule has 0 amide bonds. The quantitative estimate of drug-likeness (QED) is 0.486. The van der Waals surface area contributed by atoms with E-state index >= 15 is 0 Å². The predicted molar refractivity (Wildman–Crippen MR) is 51.0 cm³/mol. The lowest BCUT2D eigenvalue weighted by Gasteiger charge is -1.97. The Morgan fingerprint density at radius 3 is 2.92 bits per heavy atom. The molecule has 0 bridgehead atoms. The molecule has 1 aromatic rings. The zero-order valence-corrected chi connectivity index (χ0v) is 7.52. The standard InChI is InChI=1S/C9H9ClN2/c1-7-9(11)5-4-8(12-7)3-2-6-10/h4-5H,6,11H2,1H3. The maximum absolute atomic E-state index is 5.58. The van der Waals surface area contributed by atoms with E-state index in [4.69, 9.17) is 17.3 Å². The van der Waals surface area contributed by atoms with Crippen LogP contribution < -0.4 is 5.73 Å². The summed E-state index contributed by atoms with van der Waals surface area (Å²) in [6.45, 7) is 1.85. The zero-order chi connectivity index (χ0) is 8.97. The van der Waals surface area contributed by atoms with E-state index < -0.39 is 0 Å². The number of nitrogens with two attached hydrogens (primary N) is 1. The summed E-state index contributed by atoms with van der Waals surface area (Å²) in [7, 11) is 0. The van der Waals surface area contributed by atoms with Gasteiger partial charge in [-0.05, 0) is 25.0 Å². The summed E-state index contributed by atoms with van der Waals surface area (Å²) in [5.74, 6) is 5.86. The van der Waals surface area contributed by atoms with Gasteiger partial charge in [0, 0.05) is 0 Å². The van der Waals surface area contributed by atoms with Gasteiger partial charge in [-0.25, -0.2) is 4.98 Å². The summed E-state index contributed by atoms with van der Waals surface area (Å²) in [5.41, 5.74) is 7.78. The first-order valence-corrected chi connectivity index (χ1v) is 4.05. The minimum atomic E-state index is 0.325. The molecule has 0 fully saturated rings. The molecule has 0 spiro atoms. The van der Waals surface area contributed by atoms with Crippen LogP contribution >= 0.6 is 11.6 Å². The highest BCUT2D eigenvalue weighted by Gasteiger charge is 1.94. The first-order chi connectivity index (χ1) is 5.74. The molecule has 0 aromatic carbocycles. The lowest BCUT2D eigenvalue weighted by atomic mass is 10.3. The van der Waals surface area contributed by atoms with Crippen LogP contribution in [-0.2, 0) is 0 Å². The Bertz CT molecular complexity index is 336. The van der Waals surface area contributed by atoms with E-state index in [0.29, 0.717) is 17.3 Å². The molecule has 0 aliphatic carbocycles. The number of nitrogen functional groups attached to an aromatic ring is 1.